The summed E-state index contributed by atoms with van der Waals surface area (Å²) in [5.74, 6) is -0.397. The zero-order chi connectivity index (χ0) is 23.3. The van der Waals surface area contributed by atoms with E-state index < -0.39 is 0 Å². The third kappa shape index (κ3) is 5.75. The Labute approximate surface area is 193 Å². The molecule has 0 aliphatic carbocycles. The van der Waals surface area contributed by atoms with Gasteiger partial charge in [-0.25, -0.2) is 4.68 Å². The Bertz CT molecular complexity index is 1110. The summed E-state index contributed by atoms with van der Waals surface area (Å²) in [6, 6.07) is 15.1. The summed E-state index contributed by atoms with van der Waals surface area (Å²) in [4.78, 5) is 27.0. The number of amides is 2. The number of aryl methyl sites for hydroxylation is 2. The number of para-hydroxylation sites is 1. The summed E-state index contributed by atoms with van der Waals surface area (Å²) >= 11 is 6.02. The highest BCUT2D eigenvalue weighted by Gasteiger charge is 2.18. The number of nitrogens with one attached hydrogen (secondary N) is 2. The second kappa shape index (κ2) is 10.4. The number of likely N-dealkylation sites (N-methyl/N-ethyl adjacent to an activating group) is 1. The molecule has 2 aromatic carbocycles. The topological polar surface area (TPSA) is 79.3 Å². The Morgan fingerprint density at radius 3 is 2.31 bits per heavy atom. The van der Waals surface area contributed by atoms with Gasteiger partial charge in [-0.2, -0.15) is 5.10 Å². The number of hydrogen-bond acceptors (Lipinski definition) is 4. The average Bonchev–Trinajstić information content (AvgIpc) is 3.04. The van der Waals surface area contributed by atoms with Crippen molar-refractivity contribution in [2.75, 3.05) is 30.3 Å². The number of rotatable bonds is 8. The molecule has 0 radical (unpaired) electrons. The van der Waals surface area contributed by atoms with E-state index in [9.17, 15) is 9.59 Å². The normalized spacial score (nSPS) is 10.9. The van der Waals surface area contributed by atoms with Gasteiger partial charge in [0.25, 0.3) is 0 Å². The van der Waals surface area contributed by atoms with Crippen LogP contribution in [0.25, 0.3) is 5.69 Å². The molecule has 1 heterocycles. The SMILES string of the molecule is CCN(CC(=O)Nc1cc(Cl)ccc1C)CC(=O)Nc1c(C)nn(-c2ccccc2)c1C. The summed E-state index contributed by atoms with van der Waals surface area (Å²) in [6.45, 7) is 8.33. The Kier molecular flexibility index (Phi) is 7.66. The molecule has 3 rings (SSSR count). The minimum atomic E-state index is -0.200. The van der Waals surface area contributed by atoms with Gasteiger partial charge in [-0.15, -0.1) is 0 Å². The van der Waals surface area contributed by atoms with Crippen LogP contribution in [0.1, 0.15) is 23.9 Å². The van der Waals surface area contributed by atoms with E-state index in [1.165, 1.54) is 0 Å². The van der Waals surface area contributed by atoms with Gasteiger partial charge in [0.15, 0.2) is 0 Å². The third-order valence-corrected chi connectivity index (χ3v) is 5.45. The summed E-state index contributed by atoms with van der Waals surface area (Å²) in [7, 11) is 0. The summed E-state index contributed by atoms with van der Waals surface area (Å²) < 4.78 is 1.81. The Hall–Kier alpha value is -3.16. The van der Waals surface area contributed by atoms with Crippen LogP contribution >= 0.6 is 11.6 Å². The molecule has 0 bridgehead atoms. The molecule has 7 nitrogen and oxygen atoms in total. The van der Waals surface area contributed by atoms with Crippen molar-refractivity contribution in [1.82, 2.24) is 14.7 Å². The maximum Gasteiger partial charge on any atom is 0.238 e. The van der Waals surface area contributed by atoms with Crippen LogP contribution in [0.4, 0.5) is 11.4 Å². The van der Waals surface area contributed by atoms with Crippen molar-refractivity contribution in [3.8, 4) is 5.69 Å². The number of carbonyl (C=O) groups excluding carboxylic acids is 2. The molecule has 2 amide bonds. The van der Waals surface area contributed by atoms with Gasteiger partial charge in [-0.3, -0.25) is 14.5 Å². The first-order chi connectivity index (χ1) is 15.3. The van der Waals surface area contributed by atoms with Crippen molar-refractivity contribution >= 4 is 34.8 Å². The molecule has 0 aliphatic rings. The van der Waals surface area contributed by atoms with Crippen molar-refractivity contribution in [3.05, 3.63) is 70.5 Å². The van der Waals surface area contributed by atoms with Crippen LogP contribution in [-0.4, -0.2) is 46.1 Å². The molecule has 3 aromatic rings. The maximum atomic E-state index is 12.7. The van der Waals surface area contributed by atoms with Crippen LogP contribution in [0.2, 0.25) is 5.02 Å². The second-order valence-corrected chi connectivity index (χ2v) is 8.09. The van der Waals surface area contributed by atoms with E-state index in [4.69, 9.17) is 11.6 Å². The van der Waals surface area contributed by atoms with E-state index in [-0.39, 0.29) is 24.9 Å². The molecular formula is C24H28ClN5O2. The molecule has 0 saturated heterocycles. The molecule has 8 heteroatoms. The van der Waals surface area contributed by atoms with E-state index in [0.29, 0.717) is 22.9 Å². The van der Waals surface area contributed by atoms with Crippen molar-refractivity contribution in [2.24, 2.45) is 0 Å². The van der Waals surface area contributed by atoms with Gasteiger partial charge in [-0.05, 0) is 57.1 Å². The van der Waals surface area contributed by atoms with Gasteiger partial charge >= 0.3 is 0 Å². The van der Waals surface area contributed by atoms with Crippen LogP contribution in [-0.2, 0) is 9.59 Å². The number of benzene rings is 2. The predicted molar refractivity (Wildman–Crippen MR) is 129 cm³/mol. The van der Waals surface area contributed by atoms with Crippen LogP contribution < -0.4 is 10.6 Å². The first-order valence-electron chi connectivity index (χ1n) is 10.5. The highest BCUT2D eigenvalue weighted by Crippen LogP contribution is 2.23. The summed E-state index contributed by atoms with van der Waals surface area (Å²) in [6.07, 6.45) is 0. The van der Waals surface area contributed by atoms with Gasteiger partial charge in [-0.1, -0.05) is 42.8 Å². The average molecular weight is 454 g/mol. The molecule has 0 unspecified atom stereocenters. The predicted octanol–water partition coefficient (Wildman–Crippen LogP) is 4.35. The Morgan fingerprint density at radius 1 is 1.00 bits per heavy atom. The maximum absolute atomic E-state index is 12.7. The molecule has 0 atom stereocenters. The fraction of sp³-hybridized carbons (Fsp3) is 0.292. The fourth-order valence-corrected chi connectivity index (χ4v) is 3.60. The summed E-state index contributed by atoms with van der Waals surface area (Å²) in [5, 5.41) is 10.9. The lowest BCUT2D eigenvalue weighted by Crippen LogP contribution is -2.38. The highest BCUT2D eigenvalue weighted by atomic mass is 35.5. The van der Waals surface area contributed by atoms with E-state index in [1.54, 1.807) is 17.0 Å². The monoisotopic (exact) mass is 453 g/mol. The Morgan fingerprint density at radius 2 is 1.66 bits per heavy atom. The number of hydrogen-bond donors (Lipinski definition) is 2. The highest BCUT2D eigenvalue weighted by molar-refractivity contribution is 6.31. The molecule has 1 aromatic heterocycles. The molecule has 2 N–H and O–H groups in total. The molecule has 32 heavy (non-hydrogen) atoms. The standard InChI is InChI=1S/C24H28ClN5O2/c1-5-29(14-22(31)26-21-13-19(25)12-11-16(21)2)15-23(32)27-24-17(3)28-30(18(24)4)20-9-7-6-8-10-20/h6-13H,5,14-15H2,1-4H3,(H,26,31)(H,27,32). The first kappa shape index (κ1) is 23.5. The van der Waals surface area contributed by atoms with Crippen molar-refractivity contribution < 1.29 is 9.59 Å². The lowest BCUT2D eigenvalue weighted by molar-refractivity contribution is -0.119. The number of anilines is 2. The van der Waals surface area contributed by atoms with E-state index in [2.05, 4.69) is 15.7 Å². The quantitative estimate of drug-likeness (QED) is 0.531. The molecular weight excluding hydrogens is 426 g/mol. The van der Waals surface area contributed by atoms with Crippen LogP contribution in [0, 0.1) is 20.8 Å². The smallest absolute Gasteiger partial charge is 0.238 e. The van der Waals surface area contributed by atoms with Crippen LogP contribution in [0.15, 0.2) is 48.5 Å². The lowest BCUT2D eigenvalue weighted by Gasteiger charge is -2.20. The van der Waals surface area contributed by atoms with Crippen molar-refractivity contribution in [1.29, 1.82) is 0 Å². The van der Waals surface area contributed by atoms with Gasteiger partial charge < -0.3 is 10.6 Å². The van der Waals surface area contributed by atoms with Crippen molar-refractivity contribution in [2.45, 2.75) is 27.7 Å². The van der Waals surface area contributed by atoms with E-state index in [1.807, 2.05) is 68.8 Å². The minimum absolute atomic E-state index is 0.0911. The second-order valence-electron chi connectivity index (χ2n) is 7.65. The number of halogens is 1. The zero-order valence-corrected chi connectivity index (χ0v) is 19.5. The lowest BCUT2D eigenvalue weighted by atomic mass is 10.2. The molecule has 0 aliphatic heterocycles. The van der Waals surface area contributed by atoms with Crippen LogP contribution in [0.3, 0.4) is 0 Å². The number of aromatic nitrogens is 2. The largest absolute Gasteiger partial charge is 0.325 e. The Balaban J connectivity index is 1.63. The van der Waals surface area contributed by atoms with E-state index in [0.717, 1.165) is 22.6 Å². The fourth-order valence-electron chi connectivity index (χ4n) is 3.43. The molecule has 0 spiro atoms. The zero-order valence-electron chi connectivity index (χ0n) is 18.8. The van der Waals surface area contributed by atoms with Crippen molar-refractivity contribution in [3.63, 3.8) is 0 Å². The third-order valence-electron chi connectivity index (χ3n) is 5.21. The molecule has 168 valence electrons. The molecule has 0 fully saturated rings. The first-order valence-corrected chi connectivity index (χ1v) is 10.9. The summed E-state index contributed by atoms with van der Waals surface area (Å²) in [5.41, 5.74) is 4.79. The van der Waals surface area contributed by atoms with Gasteiger partial charge in [0.1, 0.15) is 0 Å². The minimum Gasteiger partial charge on any atom is -0.325 e. The van der Waals surface area contributed by atoms with Gasteiger partial charge in [0, 0.05) is 10.7 Å². The number of nitrogens with zero attached hydrogens (tertiary/aromatic N) is 3. The molecule has 0 saturated carbocycles. The van der Waals surface area contributed by atoms with Gasteiger partial charge in [0.2, 0.25) is 11.8 Å². The van der Waals surface area contributed by atoms with E-state index >= 15 is 0 Å². The van der Waals surface area contributed by atoms with Gasteiger partial charge in [0.05, 0.1) is 35.9 Å². The van der Waals surface area contributed by atoms with Crippen LogP contribution in [0.5, 0.6) is 0 Å². The number of carbonyl (C=O) groups is 2.